The van der Waals surface area contributed by atoms with Crippen LogP contribution in [-0.4, -0.2) is 62.6 Å². The van der Waals surface area contributed by atoms with Crippen molar-refractivity contribution in [1.82, 2.24) is 24.2 Å². The fourth-order valence-corrected chi connectivity index (χ4v) is 3.48. The highest BCUT2D eigenvalue weighted by atomic mass is 32.2. The summed E-state index contributed by atoms with van der Waals surface area (Å²) in [5.74, 6) is 0.935. The Morgan fingerprint density at radius 2 is 2.42 bits per heavy atom. The number of fused-ring (bicyclic) bond motifs is 2. The Kier molecular flexibility index (Phi) is 3.89. The minimum atomic E-state index is -0.198. The van der Waals surface area contributed by atoms with Gasteiger partial charge in [0.15, 0.2) is 17.0 Å². The molecular weight excluding hydrogens is 328 g/mol. The first kappa shape index (κ1) is 15.4. The quantitative estimate of drug-likeness (QED) is 0.462. The van der Waals surface area contributed by atoms with E-state index in [2.05, 4.69) is 21.4 Å². The molecule has 1 unspecified atom stereocenters. The third-order valence-corrected chi connectivity index (χ3v) is 4.80. The average molecular weight is 346 g/mol. The van der Waals surface area contributed by atoms with Crippen molar-refractivity contribution in [1.29, 1.82) is 0 Å². The summed E-state index contributed by atoms with van der Waals surface area (Å²) in [6, 6.07) is 0. The van der Waals surface area contributed by atoms with Gasteiger partial charge in [-0.05, 0) is 6.26 Å². The van der Waals surface area contributed by atoms with E-state index in [1.807, 2.05) is 10.9 Å². The van der Waals surface area contributed by atoms with E-state index in [9.17, 15) is 4.79 Å². The first-order chi connectivity index (χ1) is 11.7. The Labute approximate surface area is 142 Å². The third kappa shape index (κ3) is 2.35. The maximum Gasteiger partial charge on any atom is 0.278 e. The van der Waals surface area contributed by atoms with Crippen LogP contribution in [0.3, 0.4) is 0 Å². The summed E-state index contributed by atoms with van der Waals surface area (Å²) in [6.07, 6.45) is 5.03. The van der Waals surface area contributed by atoms with E-state index in [4.69, 9.17) is 9.73 Å². The Balaban J connectivity index is 1.89. The number of thioether (sulfide) groups is 1. The van der Waals surface area contributed by atoms with Gasteiger partial charge >= 0.3 is 0 Å². The molecule has 2 aromatic heterocycles. The van der Waals surface area contributed by atoms with Gasteiger partial charge in [0.1, 0.15) is 17.8 Å². The average Bonchev–Trinajstić information content (AvgIpc) is 3.14. The summed E-state index contributed by atoms with van der Waals surface area (Å²) in [5, 5.41) is 1.15. The maximum absolute atomic E-state index is 12.7. The highest BCUT2D eigenvalue weighted by Crippen LogP contribution is 2.25. The largest absolute Gasteiger partial charge is 0.372 e. The smallest absolute Gasteiger partial charge is 0.278 e. The number of ether oxygens (including phenoxy) is 1. The monoisotopic (exact) mass is 346 g/mol. The first-order valence-corrected chi connectivity index (χ1v) is 8.97. The van der Waals surface area contributed by atoms with Gasteiger partial charge in [-0.25, -0.2) is 24.3 Å². The molecule has 2 aromatic rings. The second-order valence-corrected chi connectivity index (χ2v) is 6.41. The second-order valence-electron chi connectivity index (χ2n) is 5.64. The molecule has 2 aliphatic heterocycles. The van der Waals surface area contributed by atoms with Crippen LogP contribution in [0.15, 0.2) is 33.8 Å². The molecular formula is C15H18N6O2S. The number of amidine groups is 1. The Morgan fingerprint density at radius 1 is 1.54 bits per heavy atom. The normalized spacial score (nSPS) is 20.3. The molecule has 0 radical (unpaired) electrons. The molecule has 9 heteroatoms. The van der Waals surface area contributed by atoms with Gasteiger partial charge in [-0.15, -0.1) is 6.58 Å². The number of aromatic nitrogens is 4. The highest BCUT2D eigenvalue weighted by molar-refractivity contribution is 7.98. The van der Waals surface area contributed by atoms with E-state index in [1.165, 1.54) is 11.8 Å². The van der Waals surface area contributed by atoms with Crippen molar-refractivity contribution < 1.29 is 4.74 Å². The molecule has 0 amide bonds. The molecule has 0 saturated carbocycles. The van der Waals surface area contributed by atoms with E-state index in [-0.39, 0.29) is 11.7 Å². The summed E-state index contributed by atoms with van der Waals surface area (Å²) < 4.78 is 9.00. The molecule has 2 aliphatic rings. The van der Waals surface area contributed by atoms with Crippen LogP contribution in [0.5, 0.6) is 0 Å². The van der Waals surface area contributed by atoms with Gasteiger partial charge in [-0.3, -0.25) is 4.79 Å². The predicted molar refractivity (Wildman–Crippen MR) is 92.6 cm³/mol. The molecule has 8 nitrogen and oxygen atoms in total. The molecule has 0 spiro atoms. The van der Waals surface area contributed by atoms with E-state index < -0.39 is 0 Å². The number of hydrogen-bond donors (Lipinski definition) is 0. The minimum absolute atomic E-state index is 0.112. The Bertz CT molecular complexity index is 886. The van der Waals surface area contributed by atoms with Crippen molar-refractivity contribution in [2.24, 2.45) is 4.99 Å². The van der Waals surface area contributed by atoms with Gasteiger partial charge in [-0.1, -0.05) is 17.8 Å². The highest BCUT2D eigenvalue weighted by Gasteiger charge is 2.31. The summed E-state index contributed by atoms with van der Waals surface area (Å²) in [4.78, 5) is 28.5. The van der Waals surface area contributed by atoms with E-state index in [0.29, 0.717) is 35.9 Å². The topological polar surface area (TPSA) is 77.5 Å². The van der Waals surface area contributed by atoms with Gasteiger partial charge in [0.25, 0.3) is 5.56 Å². The van der Waals surface area contributed by atoms with Gasteiger partial charge in [0, 0.05) is 12.7 Å². The molecule has 4 heterocycles. The number of hydrogen-bond acceptors (Lipinski definition) is 7. The van der Waals surface area contributed by atoms with Gasteiger partial charge < -0.3 is 9.64 Å². The van der Waals surface area contributed by atoms with Crippen LogP contribution in [0, 0.1) is 0 Å². The minimum Gasteiger partial charge on any atom is -0.372 e. The SMILES string of the molecule is C=CCn1c(=O)c2cnc(SC)nc2n1C1CN2CCOCC2=N1. The van der Waals surface area contributed by atoms with Gasteiger partial charge in [0.05, 0.1) is 19.7 Å². The molecule has 1 atom stereocenters. The third-order valence-electron chi connectivity index (χ3n) is 4.24. The van der Waals surface area contributed by atoms with Crippen molar-refractivity contribution in [3.8, 4) is 0 Å². The maximum atomic E-state index is 12.7. The Hall–Kier alpha value is -2.13. The van der Waals surface area contributed by atoms with Crippen LogP contribution >= 0.6 is 11.8 Å². The first-order valence-electron chi connectivity index (χ1n) is 7.75. The molecule has 4 rings (SSSR count). The zero-order valence-electron chi connectivity index (χ0n) is 13.4. The number of morpholine rings is 1. The summed E-state index contributed by atoms with van der Waals surface area (Å²) in [6.45, 7) is 6.94. The fourth-order valence-electron chi connectivity index (χ4n) is 3.14. The van der Waals surface area contributed by atoms with E-state index >= 15 is 0 Å². The van der Waals surface area contributed by atoms with Crippen molar-refractivity contribution in [3.63, 3.8) is 0 Å². The van der Waals surface area contributed by atoms with E-state index in [1.54, 1.807) is 17.0 Å². The lowest BCUT2D eigenvalue weighted by atomic mass is 10.4. The van der Waals surface area contributed by atoms with Crippen LogP contribution in [0.4, 0.5) is 0 Å². The summed E-state index contributed by atoms with van der Waals surface area (Å²) in [7, 11) is 0. The van der Waals surface area contributed by atoms with Crippen molar-refractivity contribution >= 4 is 28.6 Å². The zero-order chi connectivity index (χ0) is 16.7. The lowest BCUT2D eigenvalue weighted by Crippen LogP contribution is -2.39. The van der Waals surface area contributed by atoms with E-state index in [0.717, 1.165) is 18.9 Å². The second kappa shape index (κ2) is 6.06. The van der Waals surface area contributed by atoms with Crippen LogP contribution in [0.1, 0.15) is 6.17 Å². The zero-order valence-corrected chi connectivity index (χ0v) is 14.2. The van der Waals surface area contributed by atoms with Crippen molar-refractivity contribution in [3.05, 3.63) is 29.2 Å². The summed E-state index contributed by atoms with van der Waals surface area (Å²) in [5.41, 5.74) is 0.509. The van der Waals surface area contributed by atoms with Gasteiger partial charge in [0.2, 0.25) is 0 Å². The Morgan fingerprint density at radius 3 is 3.17 bits per heavy atom. The fraction of sp³-hybridized carbons (Fsp3) is 0.467. The lowest BCUT2D eigenvalue weighted by molar-refractivity contribution is 0.119. The predicted octanol–water partition coefficient (Wildman–Crippen LogP) is 0.744. The molecule has 1 fully saturated rings. The number of nitrogens with zero attached hydrogens (tertiary/aromatic N) is 6. The molecule has 126 valence electrons. The van der Waals surface area contributed by atoms with Crippen molar-refractivity contribution in [2.75, 3.05) is 32.6 Å². The molecule has 0 N–H and O–H groups in total. The lowest BCUT2D eigenvalue weighted by Gasteiger charge is -2.25. The van der Waals surface area contributed by atoms with Crippen molar-refractivity contribution in [2.45, 2.75) is 17.9 Å². The molecule has 1 saturated heterocycles. The van der Waals surface area contributed by atoms with Crippen LogP contribution in [0.2, 0.25) is 0 Å². The molecule has 24 heavy (non-hydrogen) atoms. The molecule has 0 bridgehead atoms. The summed E-state index contributed by atoms with van der Waals surface area (Å²) >= 11 is 1.45. The standard InChI is InChI=1S/C15H18N6O2S/c1-3-4-20-14(22)10-7-16-15(24-2)18-13(10)21(20)11-8-19-5-6-23-9-12(19)17-11/h3,7,11H,1,4-6,8-9H2,2H3. The number of rotatable bonds is 4. The number of aliphatic imine (C=N–C) groups is 1. The molecule has 0 aromatic carbocycles. The van der Waals surface area contributed by atoms with Crippen LogP contribution in [0.25, 0.3) is 11.0 Å². The van der Waals surface area contributed by atoms with Crippen LogP contribution in [-0.2, 0) is 11.3 Å². The van der Waals surface area contributed by atoms with Crippen LogP contribution < -0.4 is 5.56 Å². The molecule has 0 aliphatic carbocycles. The van der Waals surface area contributed by atoms with Gasteiger partial charge in [-0.2, -0.15) is 0 Å². The number of allylic oxidation sites excluding steroid dienone is 1.